The van der Waals surface area contributed by atoms with Crippen molar-refractivity contribution in [3.8, 4) is 0 Å². The highest BCUT2D eigenvalue weighted by molar-refractivity contribution is 7.89. The number of sulfonamides is 1. The summed E-state index contributed by atoms with van der Waals surface area (Å²) in [6.45, 7) is 4.39. The lowest BCUT2D eigenvalue weighted by Gasteiger charge is -2.21. The van der Waals surface area contributed by atoms with E-state index in [1.54, 1.807) is 18.2 Å². The van der Waals surface area contributed by atoms with Gasteiger partial charge in [-0.05, 0) is 30.7 Å². The second-order valence-electron chi connectivity index (χ2n) is 5.29. The first-order valence-electron chi connectivity index (χ1n) is 7.26. The van der Waals surface area contributed by atoms with E-state index in [2.05, 4.69) is 11.8 Å². The Balaban J connectivity index is 2.89. The van der Waals surface area contributed by atoms with Crippen LogP contribution in [-0.4, -0.2) is 56.5 Å². The fraction of sp³-hybridized carbons (Fsp3) is 0.600. The van der Waals surface area contributed by atoms with Crippen molar-refractivity contribution >= 4 is 10.0 Å². The highest BCUT2D eigenvalue weighted by atomic mass is 32.2. The molecule has 0 aliphatic carbocycles. The van der Waals surface area contributed by atoms with Crippen LogP contribution in [0.3, 0.4) is 0 Å². The predicted molar refractivity (Wildman–Crippen MR) is 84.6 cm³/mol. The molecule has 1 N–H and O–H groups in total. The summed E-state index contributed by atoms with van der Waals surface area (Å²) in [4.78, 5) is 2.45. The number of hydrogen-bond donors (Lipinski definition) is 1. The van der Waals surface area contributed by atoms with Crippen LogP contribution >= 0.6 is 0 Å². The Morgan fingerprint density at radius 1 is 1.19 bits per heavy atom. The largest absolute Gasteiger partial charge is 0.395 e. The van der Waals surface area contributed by atoms with Gasteiger partial charge in [0.1, 0.15) is 0 Å². The van der Waals surface area contributed by atoms with Crippen LogP contribution in [0.2, 0.25) is 0 Å². The number of hydrogen-bond acceptors (Lipinski definition) is 4. The third-order valence-corrected chi connectivity index (χ3v) is 5.14. The molecule has 5 nitrogen and oxygen atoms in total. The van der Waals surface area contributed by atoms with Crippen molar-refractivity contribution in [3.63, 3.8) is 0 Å². The minimum atomic E-state index is -3.40. The van der Waals surface area contributed by atoms with Crippen molar-refractivity contribution in [2.45, 2.75) is 31.2 Å². The standard InChI is InChI=1S/C15H26N2O3S/c1-4-5-9-17(10-11-18)13-14-7-6-8-15(12-14)21(19,20)16(2)3/h6-8,12,18H,4-5,9-11,13H2,1-3H3. The lowest BCUT2D eigenvalue weighted by molar-refractivity contribution is 0.188. The van der Waals surface area contributed by atoms with E-state index in [9.17, 15) is 8.42 Å². The molecule has 0 unspecified atom stereocenters. The van der Waals surface area contributed by atoms with Crippen molar-refractivity contribution in [1.29, 1.82) is 0 Å². The summed E-state index contributed by atoms with van der Waals surface area (Å²) in [5.74, 6) is 0. The summed E-state index contributed by atoms with van der Waals surface area (Å²) < 4.78 is 25.5. The van der Waals surface area contributed by atoms with Crippen molar-refractivity contribution in [2.75, 3.05) is 33.8 Å². The normalized spacial score (nSPS) is 12.3. The van der Waals surface area contributed by atoms with Gasteiger partial charge in [0.05, 0.1) is 11.5 Å². The van der Waals surface area contributed by atoms with Gasteiger partial charge in [0, 0.05) is 27.2 Å². The molecule has 1 rings (SSSR count). The molecule has 21 heavy (non-hydrogen) atoms. The van der Waals surface area contributed by atoms with Crippen LogP contribution in [-0.2, 0) is 16.6 Å². The Labute approximate surface area is 128 Å². The van der Waals surface area contributed by atoms with E-state index in [4.69, 9.17) is 5.11 Å². The van der Waals surface area contributed by atoms with E-state index in [1.807, 2.05) is 6.07 Å². The molecule has 0 saturated carbocycles. The van der Waals surface area contributed by atoms with Crippen LogP contribution in [0.25, 0.3) is 0 Å². The molecule has 0 bridgehead atoms. The van der Waals surface area contributed by atoms with Gasteiger partial charge < -0.3 is 5.11 Å². The summed E-state index contributed by atoms with van der Waals surface area (Å²) in [5, 5.41) is 9.13. The maximum atomic E-state index is 12.1. The number of nitrogens with zero attached hydrogens (tertiary/aromatic N) is 2. The van der Waals surface area contributed by atoms with Gasteiger partial charge in [-0.2, -0.15) is 0 Å². The molecule has 0 saturated heterocycles. The Kier molecular flexibility index (Phi) is 7.31. The van der Waals surface area contributed by atoms with Gasteiger partial charge >= 0.3 is 0 Å². The average molecular weight is 314 g/mol. The molecular formula is C15H26N2O3S. The second-order valence-corrected chi connectivity index (χ2v) is 7.44. The SMILES string of the molecule is CCCCN(CCO)Cc1cccc(S(=O)(=O)N(C)C)c1. The first kappa shape index (κ1) is 18.1. The quantitative estimate of drug-likeness (QED) is 0.751. The first-order chi connectivity index (χ1) is 9.91. The first-order valence-corrected chi connectivity index (χ1v) is 8.70. The monoisotopic (exact) mass is 314 g/mol. The topological polar surface area (TPSA) is 60.9 Å². The number of rotatable bonds is 9. The van der Waals surface area contributed by atoms with E-state index in [1.165, 1.54) is 18.4 Å². The lowest BCUT2D eigenvalue weighted by atomic mass is 10.2. The minimum Gasteiger partial charge on any atom is -0.395 e. The zero-order valence-electron chi connectivity index (χ0n) is 13.1. The molecule has 0 radical (unpaired) electrons. The molecule has 0 atom stereocenters. The number of aliphatic hydroxyl groups is 1. The maximum Gasteiger partial charge on any atom is 0.242 e. The van der Waals surface area contributed by atoms with Gasteiger partial charge in [0.25, 0.3) is 0 Å². The molecule has 0 aromatic heterocycles. The maximum absolute atomic E-state index is 12.1. The van der Waals surface area contributed by atoms with Crippen LogP contribution in [0, 0.1) is 0 Å². The summed E-state index contributed by atoms with van der Waals surface area (Å²) in [7, 11) is -0.341. The van der Waals surface area contributed by atoms with E-state index in [-0.39, 0.29) is 6.61 Å². The third kappa shape index (κ3) is 5.39. The molecule has 0 amide bonds. The summed E-state index contributed by atoms with van der Waals surface area (Å²) in [6, 6.07) is 7.01. The second kappa shape index (κ2) is 8.48. The summed E-state index contributed by atoms with van der Waals surface area (Å²) in [6.07, 6.45) is 2.16. The number of unbranched alkanes of at least 4 members (excludes halogenated alkanes) is 1. The average Bonchev–Trinajstić information content (AvgIpc) is 2.45. The molecule has 0 heterocycles. The van der Waals surface area contributed by atoms with Crippen molar-refractivity contribution in [1.82, 2.24) is 9.21 Å². The molecule has 120 valence electrons. The zero-order valence-corrected chi connectivity index (χ0v) is 13.9. The van der Waals surface area contributed by atoms with Crippen LogP contribution in [0.1, 0.15) is 25.3 Å². The Morgan fingerprint density at radius 3 is 2.48 bits per heavy atom. The molecule has 6 heteroatoms. The van der Waals surface area contributed by atoms with Crippen molar-refractivity contribution in [2.24, 2.45) is 0 Å². The Hall–Kier alpha value is -0.950. The molecular weight excluding hydrogens is 288 g/mol. The van der Waals surface area contributed by atoms with Gasteiger partial charge in [-0.25, -0.2) is 12.7 Å². The van der Waals surface area contributed by atoms with Crippen LogP contribution in [0.15, 0.2) is 29.2 Å². The van der Waals surface area contributed by atoms with Gasteiger partial charge in [-0.15, -0.1) is 0 Å². The zero-order chi connectivity index (χ0) is 15.9. The van der Waals surface area contributed by atoms with E-state index in [0.717, 1.165) is 24.9 Å². The van der Waals surface area contributed by atoms with E-state index in [0.29, 0.717) is 18.0 Å². The van der Waals surface area contributed by atoms with Crippen molar-refractivity contribution in [3.05, 3.63) is 29.8 Å². The highest BCUT2D eigenvalue weighted by Gasteiger charge is 2.17. The van der Waals surface area contributed by atoms with Gasteiger partial charge in [-0.3, -0.25) is 4.90 Å². The number of benzene rings is 1. The van der Waals surface area contributed by atoms with Crippen LogP contribution in [0.4, 0.5) is 0 Å². The van der Waals surface area contributed by atoms with Gasteiger partial charge in [-0.1, -0.05) is 25.5 Å². The minimum absolute atomic E-state index is 0.111. The number of aliphatic hydroxyl groups excluding tert-OH is 1. The van der Waals surface area contributed by atoms with Crippen molar-refractivity contribution < 1.29 is 13.5 Å². The van der Waals surface area contributed by atoms with Crippen LogP contribution in [0.5, 0.6) is 0 Å². The summed E-state index contributed by atoms with van der Waals surface area (Å²) in [5.41, 5.74) is 0.947. The Bertz CT molecular complexity index is 529. The third-order valence-electron chi connectivity index (χ3n) is 3.33. The van der Waals surface area contributed by atoms with E-state index >= 15 is 0 Å². The fourth-order valence-corrected chi connectivity index (χ4v) is 3.04. The molecule has 1 aromatic rings. The van der Waals surface area contributed by atoms with E-state index < -0.39 is 10.0 Å². The molecule has 1 aromatic carbocycles. The fourth-order valence-electron chi connectivity index (χ4n) is 2.07. The Morgan fingerprint density at radius 2 is 1.90 bits per heavy atom. The summed E-state index contributed by atoms with van der Waals surface area (Å²) >= 11 is 0. The highest BCUT2D eigenvalue weighted by Crippen LogP contribution is 2.16. The smallest absolute Gasteiger partial charge is 0.242 e. The predicted octanol–water partition coefficient (Wildman–Crippen LogP) is 1.53. The molecule has 0 fully saturated rings. The lowest BCUT2D eigenvalue weighted by Crippen LogP contribution is -2.28. The van der Waals surface area contributed by atoms with Gasteiger partial charge in [0.15, 0.2) is 0 Å². The van der Waals surface area contributed by atoms with Gasteiger partial charge in [0.2, 0.25) is 10.0 Å². The van der Waals surface area contributed by atoms with Crippen LogP contribution < -0.4 is 0 Å². The molecule has 0 aliphatic heterocycles. The molecule has 0 aliphatic rings. The molecule has 0 spiro atoms.